The number of ether oxygens (including phenoxy) is 1. The van der Waals surface area contributed by atoms with E-state index in [0.29, 0.717) is 22.2 Å². The minimum absolute atomic E-state index is 0.329. The lowest BCUT2D eigenvalue weighted by molar-refractivity contribution is 0.0533. The smallest absolute Gasteiger partial charge is 0.350 e. The first kappa shape index (κ1) is 14.9. The van der Waals surface area contributed by atoms with Crippen molar-refractivity contribution in [2.45, 2.75) is 20.8 Å². The number of anilines is 1. The van der Waals surface area contributed by atoms with Crippen LogP contribution in [0.2, 0.25) is 5.02 Å². The van der Waals surface area contributed by atoms with E-state index in [0.717, 1.165) is 21.6 Å². The molecular weight excluding hydrogens is 294 g/mol. The number of carbonyl (C=O) groups is 1. The van der Waals surface area contributed by atoms with Crippen LogP contribution >= 0.6 is 22.9 Å². The molecule has 0 unspecified atom stereocenters. The van der Waals surface area contributed by atoms with E-state index >= 15 is 0 Å². The molecule has 0 atom stereocenters. The molecule has 0 aliphatic carbocycles. The number of carbonyl (C=O) groups excluding carboxylic acids is 1. The van der Waals surface area contributed by atoms with E-state index in [9.17, 15) is 4.79 Å². The maximum atomic E-state index is 11.9. The zero-order chi connectivity index (χ0) is 14.9. The van der Waals surface area contributed by atoms with Gasteiger partial charge in [-0.2, -0.15) is 0 Å². The third-order valence-electron chi connectivity index (χ3n) is 3.02. The summed E-state index contributed by atoms with van der Waals surface area (Å²) in [7, 11) is 0. The molecule has 0 saturated heterocycles. The van der Waals surface area contributed by atoms with Gasteiger partial charge in [-0.1, -0.05) is 23.7 Å². The minimum Gasteiger partial charge on any atom is -0.462 e. The van der Waals surface area contributed by atoms with Crippen LogP contribution in [-0.2, 0) is 4.74 Å². The van der Waals surface area contributed by atoms with Gasteiger partial charge in [-0.25, -0.2) is 4.79 Å². The van der Waals surface area contributed by atoms with E-state index in [-0.39, 0.29) is 5.97 Å². The van der Waals surface area contributed by atoms with Gasteiger partial charge in [0, 0.05) is 15.5 Å². The van der Waals surface area contributed by atoms with Crippen molar-refractivity contribution >= 4 is 34.6 Å². The second-order valence-electron chi connectivity index (χ2n) is 4.50. The summed E-state index contributed by atoms with van der Waals surface area (Å²) in [4.78, 5) is 13.2. The molecule has 0 amide bonds. The van der Waals surface area contributed by atoms with Crippen molar-refractivity contribution in [3.05, 3.63) is 39.2 Å². The van der Waals surface area contributed by atoms with Gasteiger partial charge in [0.15, 0.2) is 0 Å². The van der Waals surface area contributed by atoms with Crippen LogP contribution in [-0.4, -0.2) is 12.6 Å². The average molecular weight is 310 g/mol. The molecule has 2 rings (SSSR count). The Kier molecular flexibility index (Phi) is 4.35. The summed E-state index contributed by atoms with van der Waals surface area (Å²) in [6.45, 7) is 5.97. The predicted octanol–water partition coefficient (Wildman–Crippen LogP) is 4.44. The highest BCUT2D eigenvalue weighted by Crippen LogP contribution is 2.41. The van der Waals surface area contributed by atoms with Crippen molar-refractivity contribution in [2.24, 2.45) is 0 Å². The normalized spacial score (nSPS) is 10.6. The zero-order valence-electron chi connectivity index (χ0n) is 11.6. The average Bonchev–Trinajstić information content (AvgIpc) is 2.67. The highest BCUT2D eigenvalue weighted by Gasteiger charge is 2.21. The van der Waals surface area contributed by atoms with Crippen LogP contribution in [0.15, 0.2) is 18.2 Å². The van der Waals surface area contributed by atoms with E-state index < -0.39 is 0 Å². The standard InChI is InChI=1S/C15H16ClNO2S/c1-4-19-15(18)14-12(17)9(3)13(20-14)10-6-5-8(2)7-11(10)16/h5-7H,4,17H2,1-3H3. The lowest BCUT2D eigenvalue weighted by Gasteiger charge is -2.04. The topological polar surface area (TPSA) is 52.3 Å². The van der Waals surface area contributed by atoms with Crippen molar-refractivity contribution < 1.29 is 9.53 Å². The molecule has 0 bridgehead atoms. The molecule has 2 N–H and O–H groups in total. The highest BCUT2D eigenvalue weighted by molar-refractivity contribution is 7.18. The first-order chi connectivity index (χ1) is 9.45. The Morgan fingerprint density at radius 1 is 1.40 bits per heavy atom. The summed E-state index contributed by atoms with van der Waals surface area (Å²) >= 11 is 7.61. The molecule has 106 valence electrons. The largest absolute Gasteiger partial charge is 0.462 e. The molecule has 1 heterocycles. The molecular formula is C15H16ClNO2S. The van der Waals surface area contributed by atoms with Crippen LogP contribution in [0.5, 0.6) is 0 Å². The number of hydrogen-bond donors (Lipinski definition) is 1. The van der Waals surface area contributed by atoms with Gasteiger partial charge in [0.25, 0.3) is 0 Å². The van der Waals surface area contributed by atoms with Gasteiger partial charge >= 0.3 is 5.97 Å². The second kappa shape index (κ2) is 5.85. The molecule has 0 saturated carbocycles. The lowest BCUT2D eigenvalue weighted by Crippen LogP contribution is -2.05. The summed E-state index contributed by atoms with van der Waals surface area (Å²) in [5.41, 5.74) is 9.34. The van der Waals surface area contributed by atoms with E-state index in [1.54, 1.807) is 6.92 Å². The minimum atomic E-state index is -0.382. The molecule has 1 aromatic carbocycles. The monoisotopic (exact) mass is 309 g/mol. The van der Waals surface area contributed by atoms with Crippen LogP contribution in [0.1, 0.15) is 27.7 Å². The fraction of sp³-hybridized carbons (Fsp3) is 0.267. The van der Waals surface area contributed by atoms with Gasteiger partial charge in [0.05, 0.1) is 12.3 Å². The Labute approximate surface area is 127 Å². The number of thiophene rings is 1. The molecule has 2 aromatic rings. The number of halogens is 1. The maximum absolute atomic E-state index is 11.9. The van der Waals surface area contributed by atoms with Gasteiger partial charge in [0.2, 0.25) is 0 Å². The Bertz CT molecular complexity index is 664. The molecule has 0 fully saturated rings. The zero-order valence-corrected chi connectivity index (χ0v) is 13.2. The summed E-state index contributed by atoms with van der Waals surface area (Å²) in [5.74, 6) is -0.382. The Hall–Kier alpha value is -1.52. The number of esters is 1. The number of nitrogens with two attached hydrogens (primary N) is 1. The molecule has 20 heavy (non-hydrogen) atoms. The maximum Gasteiger partial charge on any atom is 0.350 e. The summed E-state index contributed by atoms with van der Waals surface area (Å²) in [6.07, 6.45) is 0. The first-order valence-electron chi connectivity index (χ1n) is 6.28. The number of hydrogen-bond acceptors (Lipinski definition) is 4. The van der Waals surface area contributed by atoms with Crippen LogP contribution < -0.4 is 5.73 Å². The Balaban J connectivity index is 2.53. The third-order valence-corrected chi connectivity index (χ3v) is 4.66. The van der Waals surface area contributed by atoms with E-state index in [1.165, 1.54) is 11.3 Å². The third kappa shape index (κ3) is 2.67. The van der Waals surface area contributed by atoms with E-state index in [1.807, 2.05) is 32.0 Å². The number of rotatable bonds is 3. The Morgan fingerprint density at radius 2 is 2.10 bits per heavy atom. The molecule has 0 aliphatic heterocycles. The van der Waals surface area contributed by atoms with Crippen LogP contribution in [0.25, 0.3) is 10.4 Å². The molecule has 0 spiro atoms. The van der Waals surface area contributed by atoms with Gasteiger partial charge in [-0.3, -0.25) is 0 Å². The van der Waals surface area contributed by atoms with Crippen LogP contribution in [0.3, 0.4) is 0 Å². The van der Waals surface area contributed by atoms with Gasteiger partial charge < -0.3 is 10.5 Å². The predicted molar refractivity (Wildman–Crippen MR) is 84.6 cm³/mol. The summed E-state index contributed by atoms with van der Waals surface area (Å²) in [6, 6.07) is 5.84. The molecule has 0 aliphatic rings. The van der Waals surface area contributed by atoms with Crippen LogP contribution in [0.4, 0.5) is 5.69 Å². The Morgan fingerprint density at radius 3 is 2.70 bits per heavy atom. The first-order valence-corrected chi connectivity index (χ1v) is 7.47. The van der Waals surface area contributed by atoms with E-state index in [2.05, 4.69) is 0 Å². The molecule has 5 heteroatoms. The highest BCUT2D eigenvalue weighted by atomic mass is 35.5. The van der Waals surface area contributed by atoms with Crippen molar-refractivity contribution in [3.8, 4) is 10.4 Å². The van der Waals surface area contributed by atoms with Crippen molar-refractivity contribution in [3.63, 3.8) is 0 Å². The van der Waals surface area contributed by atoms with Crippen molar-refractivity contribution in [1.29, 1.82) is 0 Å². The van der Waals surface area contributed by atoms with Gasteiger partial charge in [0.1, 0.15) is 4.88 Å². The molecule has 0 radical (unpaired) electrons. The number of aryl methyl sites for hydroxylation is 1. The SMILES string of the molecule is CCOC(=O)c1sc(-c2ccc(C)cc2Cl)c(C)c1N. The molecule has 1 aromatic heterocycles. The summed E-state index contributed by atoms with van der Waals surface area (Å²) in [5, 5.41) is 0.657. The van der Waals surface area contributed by atoms with Gasteiger partial charge in [-0.15, -0.1) is 11.3 Å². The summed E-state index contributed by atoms with van der Waals surface area (Å²) < 4.78 is 5.02. The van der Waals surface area contributed by atoms with Gasteiger partial charge in [-0.05, 0) is 38.0 Å². The number of benzene rings is 1. The van der Waals surface area contributed by atoms with E-state index in [4.69, 9.17) is 22.1 Å². The lowest BCUT2D eigenvalue weighted by atomic mass is 10.1. The second-order valence-corrected chi connectivity index (χ2v) is 5.93. The quantitative estimate of drug-likeness (QED) is 0.852. The fourth-order valence-corrected chi connectivity index (χ4v) is 3.48. The molecule has 3 nitrogen and oxygen atoms in total. The number of nitrogen functional groups attached to an aromatic ring is 1. The van der Waals surface area contributed by atoms with Crippen molar-refractivity contribution in [1.82, 2.24) is 0 Å². The van der Waals surface area contributed by atoms with Crippen molar-refractivity contribution in [2.75, 3.05) is 12.3 Å². The van der Waals surface area contributed by atoms with Crippen LogP contribution in [0, 0.1) is 13.8 Å². The fourth-order valence-electron chi connectivity index (χ4n) is 1.94.